The van der Waals surface area contributed by atoms with Crippen molar-refractivity contribution in [1.29, 1.82) is 0 Å². The smallest absolute Gasteiger partial charge is 0.274 e. The van der Waals surface area contributed by atoms with Gasteiger partial charge >= 0.3 is 0 Å². The Balaban J connectivity index is 1.71. The summed E-state index contributed by atoms with van der Waals surface area (Å²) >= 11 is 0. The molecule has 0 aliphatic heterocycles. The molecule has 0 bridgehead atoms. The van der Waals surface area contributed by atoms with Gasteiger partial charge in [-0.1, -0.05) is 60.7 Å². The van der Waals surface area contributed by atoms with Gasteiger partial charge in [0, 0.05) is 29.8 Å². The molecule has 4 aromatic rings. The molecule has 0 saturated carbocycles. The van der Waals surface area contributed by atoms with Crippen LogP contribution in [0.15, 0.2) is 77.6 Å². The highest BCUT2D eigenvalue weighted by atomic mass is 16.3. The molecule has 5 nitrogen and oxygen atoms in total. The summed E-state index contributed by atoms with van der Waals surface area (Å²) in [6.45, 7) is 2.27. The number of aliphatic hydroxyl groups is 1. The topological polar surface area (TPSA) is 59.5 Å². The van der Waals surface area contributed by atoms with Gasteiger partial charge in [0.1, 0.15) is 5.65 Å². The Morgan fingerprint density at radius 1 is 1.00 bits per heavy atom. The molecule has 1 N–H and O–H groups in total. The molecule has 136 valence electrons. The second kappa shape index (κ2) is 7.21. The van der Waals surface area contributed by atoms with Gasteiger partial charge in [-0.05, 0) is 12.5 Å². The minimum Gasteiger partial charge on any atom is -0.391 e. The maximum Gasteiger partial charge on any atom is 0.274 e. The van der Waals surface area contributed by atoms with Gasteiger partial charge in [0.2, 0.25) is 0 Å². The van der Waals surface area contributed by atoms with Gasteiger partial charge in [-0.2, -0.15) is 9.61 Å². The first-order chi connectivity index (χ1) is 13.1. The molecule has 27 heavy (non-hydrogen) atoms. The Labute approximate surface area is 157 Å². The number of benzene rings is 2. The molecule has 0 radical (unpaired) electrons. The van der Waals surface area contributed by atoms with Crippen LogP contribution in [0.1, 0.15) is 11.3 Å². The Hall–Kier alpha value is -3.18. The third-order valence-electron chi connectivity index (χ3n) is 4.71. The highest BCUT2D eigenvalue weighted by Gasteiger charge is 2.14. The quantitative estimate of drug-likeness (QED) is 0.596. The fraction of sp³-hybridized carbons (Fsp3) is 0.182. The summed E-state index contributed by atoms with van der Waals surface area (Å²) < 4.78 is 3.36. The second-order valence-electron chi connectivity index (χ2n) is 6.74. The van der Waals surface area contributed by atoms with Gasteiger partial charge < -0.3 is 9.67 Å². The second-order valence-corrected chi connectivity index (χ2v) is 6.74. The van der Waals surface area contributed by atoms with Crippen molar-refractivity contribution in [3.05, 3.63) is 94.4 Å². The molecule has 2 aromatic carbocycles. The molecule has 2 heterocycles. The number of aliphatic hydroxyl groups excluding tert-OH is 1. The number of hydrogen-bond acceptors (Lipinski definition) is 3. The maximum atomic E-state index is 12.4. The first-order valence-electron chi connectivity index (χ1n) is 8.99. The number of rotatable bonds is 5. The summed E-state index contributed by atoms with van der Waals surface area (Å²) in [4.78, 5) is 12.4. The zero-order chi connectivity index (χ0) is 18.8. The van der Waals surface area contributed by atoms with Gasteiger partial charge in [0.25, 0.3) is 5.56 Å². The average molecular weight is 359 g/mol. The van der Waals surface area contributed by atoms with Crippen LogP contribution in [0.2, 0.25) is 0 Å². The highest BCUT2D eigenvalue weighted by molar-refractivity contribution is 5.64. The summed E-state index contributed by atoms with van der Waals surface area (Å²) in [6, 6.07) is 23.1. The van der Waals surface area contributed by atoms with E-state index in [0.29, 0.717) is 18.6 Å². The van der Waals surface area contributed by atoms with E-state index >= 15 is 0 Å². The minimum atomic E-state index is -0.563. The van der Waals surface area contributed by atoms with Crippen molar-refractivity contribution < 1.29 is 5.11 Å². The van der Waals surface area contributed by atoms with Crippen LogP contribution in [0.25, 0.3) is 16.9 Å². The predicted octanol–water partition coefficient (Wildman–Crippen LogP) is 3.08. The van der Waals surface area contributed by atoms with Gasteiger partial charge in [-0.3, -0.25) is 4.79 Å². The number of aryl methyl sites for hydroxylation is 1. The van der Waals surface area contributed by atoms with Crippen molar-refractivity contribution in [3.8, 4) is 11.3 Å². The Morgan fingerprint density at radius 2 is 1.67 bits per heavy atom. The fourth-order valence-electron chi connectivity index (χ4n) is 3.37. The molecular formula is C22H21N3O2. The lowest BCUT2D eigenvalue weighted by Crippen LogP contribution is -2.25. The molecule has 4 rings (SSSR count). The summed E-state index contributed by atoms with van der Waals surface area (Å²) in [5, 5.41) is 15.1. The highest BCUT2D eigenvalue weighted by Crippen LogP contribution is 2.19. The van der Waals surface area contributed by atoms with E-state index in [1.165, 1.54) is 4.52 Å². The van der Waals surface area contributed by atoms with E-state index in [2.05, 4.69) is 5.10 Å². The lowest BCUT2D eigenvalue weighted by molar-refractivity contribution is 0.154. The van der Waals surface area contributed by atoms with Gasteiger partial charge in [-0.15, -0.1) is 0 Å². The summed E-state index contributed by atoms with van der Waals surface area (Å²) in [7, 11) is 0. The lowest BCUT2D eigenvalue weighted by Gasteiger charge is -2.17. The molecule has 5 heteroatoms. The van der Waals surface area contributed by atoms with Crippen molar-refractivity contribution >= 4 is 5.65 Å². The predicted molar refractivity (Wildman–Crippen MR) is 106 cm³/mol. The van der Waals surface area contributed by atoms with Gasteiger partial charge in [0.05, 0.1) is 18.3 Å². The van der Waals surface area contributed by atoms with E-state index in [4.69, 9.17) is 0 Å². The average Bonchev–Trinajstić information content (AvgIpc) is 3.13. The molecule has 1 atom stereocenters. The van der Waals surface area contributed by atoms with Crippen LogP contribution in [-0.2, 0) is 13.0 Å². The van der Waals surface area contributed by atoms with Crippen LogP contribution in [0.4, 0.5) is 0 Å². The first kappa shape index (κ1) is 17.2. The van der Waals surface area contributed by atoms with Crippen molar-refractivity contribution in [2.45, 2.75) is 26.0 Å². The molecule has 0 aliphatic rings. The molecule has 2 aromatic heterocycles. The number of hydrogen-bond donors (Lipinski definition) is 1. The molecular weight excluding hydrogens is 338 g/mol. The lowest BCUT2D eigenvalue weighted by atomic mass is 10.1. The van der Waals surface area contributed by atoms with E-state index in [1.807, 2.05) is 78.2 Å². The summed E-state index contributed by atoms with van der Waals surface area (Å²) in [6.07, 6.45) is -0.00871. The fourth-order valence-corrected chi connectivity index (χ4v) is 3.37. The Bertz CT molecular complexity index is 1110. The zero-order valence-electron chi connectivity index (χ0n) is 15.1. The van der Waals surface area contributed by atoms with E-state index in [0.717, 1.165) is 22.5 Å². The van der Waals surface area contributed by atoms with Crippen LogP contribution in [0.3, 0.4) is 0 Å². The largest absolute Gasteiger partial charge is 0.391 e. The molecule has 0 fully saturated rings. The van der Waals surface area contributed by atoms with Crippen LogP contribution >= 0.6 is 0 Å². The van der Waals surface area contributed by atoms with E-state index < -0.39 is 6.10 Å². The standard InChI is InChI=1S/C22H21N3O2/c1-16-12-22(27)25-21(14-20(23-25)18-10-6-3-7-11-18)24(16)15-19(26)13-17-8-4-2-5-9-17/h2-12,14,19,26H,13,15H2,1H3. The zero-order valence-corrected chi connectivity index (χ0v) is 15.1. The Kier molecular flexibility index (Phi) is 4.60. The summed E-state index contributed by atoms with van der Waals surface area (Å²) in [5.41, 5.74) is 4.10. The normalized spacial score (nSPS) is 12.4. The molecule has 0 spiro atoms. The van der Waals surface area contributed by atoms with Gasteiger partial charge in [0.15, 0.2) is 0 Å². The first-order valence-corrected chi connectivity index (χ1v) is 8.99. The van der Waals surface area contributed by atoms with Crippen molar-refractivity contribution in [2.24, 2.45) is 0 Å². The van der Waals surface area contributed by atoms with Crippen LogP contribution in [-0.4, -0.2) is 25.4 Å². The minimum absolute atomic E-state index is 0.168. The van der Waals surface area contributed by atoms with E-state index in [1.54, 1.807) is 6.07 Å². The number of nitrogens with zero attached hydrogens (tertiary/aromatic N) is 3. The number of fused-ring (bicyclic) bond motifs is 1. The third-order valence-corrected chi connectivity index (χ3v) is 4.71. The van der Waals surface area contributed by atoms with Crippen LogP contribution in [0, 0.1) is 6.92 Å². The van der Waals surface area contributed by atoms with Crippen LogP contribution in [0.5, 0.6) is 0 Å². The monoisotopic (exact) mass is 359 g/mol. The van der Waals surface area contributed by atoms with E-state index in [9.17, 15) is 9.90 Å². The van der Waals surface area contributed by atoms with Crippen molar-refractivity contribution in [1.82, 2.24) is 14.2 Å². The molecule has 0 amide bonds. The van der Waals surface area contributed by atoms with Crippen molar-refractivity contribution in [3.63, 3.8) is 0 Å². The molecule has 1 unspecified atom stereocenters. The van der Waals surface area contributed by atoms with Gasteiger partial charge in [-0.25, -0.2) is 0 Å². The van der Waals surface area contributed by atoms with Crippen molar-refractivity contribution in [2.75, 3.05) is 0 Å². The maximum absolute atomic E-state index is 12.4. The molecule has 0 aliphatic carbocycles. The van der Waals surface area contributed by atoms with E-state index in [-0.39, 0.29) is 5.56 Å². The summed E-state index contributed by atoms with van der Waals surface area (Å²) in [5.74, 6) is 0. The number of aromatic nitrogens is 3. The van der Waals surface area contributed by atoms with Crippen LogP contribution < -0.4 is 5.56 Å². The Morgan fingerprint density at radius 3 is 2.37 bits per heavy atom. The molecule has 0 saturated heterocycles. The third kappa shape index (κ3) is 3.55. The SMILES string of the molecule is Cc1cc(=O)n2nc(-c3ccccc3)cc2n1CC(O)Cc1ccccc1.